The first-order valence-electron chi connectivity index (χ1n) is 8.70. The Labute approximate surface area is 162 Å². The molecule has 2 aromatic carbocycles. The van der Waals surface area contributed by atoms with Gasteiger partial charge in [0.05, 0.1) is 21.5 Å². The molecule has 0 aliphatic carbocycles. The predicted molar refractivity (Wildman–Crippen MR) is 104 cm³/mol. The Hall–Kier alpha value is -3.29. The quantitative estimate of drug-likeness (QED) is 0.300. The third-order valence-corrected chi connectivity index (χ3v) is 5.04. The molecule has 0 saturated carbocycles. The number of nitrogens with zero attached hydrogens (tertiary/aromatic N) is 2. The molecular formula is C20H22N2O6. The van der Waals surface area contributed by atoms with Gasteiger partial charge in [-0.2, -0.15) is 0 Å². The summed E-state index contributed by atoms with van der Waals surface area (Å²) in [7, 11) is 0. The van der Waals surface area contributed by atoms with Gasteiger partial charge in [-0.3, -0.25) is 20.2 Å². The van der Waals surface area contributed by atoms with E-state index in [0.29, 0.717) is 5.75 Å². The zero-order valence-electron chi connectivity index (χ0n) is 16.4. The van der Waals surface area contributed by atoms with E-state index in [4.69, 9.17) is 4.74 Å². The summed E-state index contributed by atoms with van der Waals surface area (Å²) in [6.07, 6.45) is 0. The standard InChI is InChI=1S/C20H22N2O6/c1-12(2)20(4,5)17-8-13(3)6-7-18(17)28-19(23)14-9-15(21(24)25)11-16(10-14)22(26)27/h6-12H,1-5H3. The second-order valence-electron chi connectivity index (χ2n) is 7.52. The molecule has 0 fully saturated rings. The van der Waals surface area contributed by atoms with Gasteiger partial charge in [0.15, 0.2) is 0 Å². The van der Waals surface area contributed by atoms with Crippen LogP contribution in [0.25, 0.3) is 0 Å². The molecule has 0 radical (unpaired) electrons. The van der Waals surface area contributed by atoms with Crippen LogP contribution in [0.1, 0.15) is 49.2 Å². The lowest BCUT2D eigenvalue weighted by atomic mass is 9.74. The Balaban J connectivity index is 2.49. The van der Waals surface area contributed by atoms with Crippen molar-refractivity contribution < 1.29 is 19.4 Å². The van der Waals surface area contributed by atoms with Gasteiger partial charge in [-0.15, -0.1) is 0 Å². The molecule has 2 rings (SSSR count). The summed E-state index contributed by atoms with van der Waals surface area (Å²) in [6, 6.07) is 8.12. The predicted octanol–water partition coefficient (Wildman–Crippen LogP) is 4.96. The van der Waals surface area contributed by atoms with Crippen molar-refractivity contribution in [1.82, 2.24) is 0 Å². The van der Waals surface area contributed by atoms with Crippen LogP contribution in [0.15, 0.2) is 36.4 Å². The monoisotopic (exact) mass is 386 g/mol. The van der Waals surface area contributed by atoms with Crippen molar-refractivity contribution in [2.45, 2.75) is 40.0 Å². The molecule has 0 aromatic heterocycles. The molecular weight excluding hydrogens is 364 g/mol. The molecule has 28 heavy (non-hydrogen) atoms. The van der Waals surface area contributed by atoms with Crippen LogP contribution in [0.5, 0.6) is 5.75 Å². The Morgan fingerprint density at radius 1 is 1.00 bits per heavy atom. The van der Waals surface area contributed by atoms with E-state index in [1.165, 1.54) is 0 Å². The number of carbonyl (C=O) groups is 1. The molecule has 0 saturated heterocycles. The lowest BCUT2D eigenvalue weighted by Gasteiger charge is -2.31. The van der Waals surface area contributed by atoms with Gasteiger partial charge in [0.1, 0.15) is 5.75 Å². The van der Waals surface area contributed by atoms with Gasteiger partial charge in [-0.1, -0.05) is 45.4 Å². The van der Waals surface area contributed by atoms with Crippen LogP contribution < -0.4 is 4.74 Å². The summed E-state index contributed by atoms with van der Waals surface area (Å²) in [6.45, 7) is 10.1. The summed E-state index contributed by atoms with van der Waals surface area (Å²) >= 11 is 0. The van der Waals surface area contributed by atoms with Crippen LogP contribution in [0.3, 0.4) is 0 Å². The van der Waals surface area contributed by atoms with Crippen LogP contribution in [0, 0.1) is 33.1 Å². The SMILES string of the molecule is Cc1ccc(OC(=O)c2cc([N+](=O)[O-])cc([N+](=O)[O-])c2)c(C(C)(C)C(C)C)c1. The van der Waals surface area contributed by atoms with Crippen LogP contribution >= 0.6 is 0 Å². The molecule has 0 amide bonds. The van der Waals surface area contributed by atoms with Crippen molar-refractivity contribution in [3.8, 4) is 5.75 Å². The van der Waals surface area contributed by atoms with Crippen molar-refractivity contribution in [2.75, 3.05) is 0 Å². The maximum Gasteiger partial charge on any atom is 0.344 e. The number of aryl methyl sites for hydroxylation is 1. The largest absolute Gasteiger partial charge is 0.423 e. The lowest BCUT2D eigenvalue weighted by Crippen LogP contribution is -2.26. The van der Waals surface area contributed by atoms with Crippen LogP contribution in [-0.2, 0) is 5.41 Å². The molecule has 148 valence electrons. The van der Waals surface area contributed by atoms with Gasteiger partial charge in [-0.05, 0) is 24.3 Å². The Morgan fingerprint density at radius 3 is 2.00 bits per heavy atom. The first-order valence-corrected chi connectivity index (χ1v) is 8.70. The van der Waals surface area contributed by atoms with Crippen LogP contribution in [-0.4, -0.2) is 15.8 Å². The number of ether oxygens (including phenoxy) is 1. The minimum absolute atomic E-state index is 0.241. The van der Waals surface area contributed by atoms with E-state index >= 15 is 0 Å². The summed E-state index contributed by atoms with van der Waals surface area (Å²) in [5, 5.41) is 22.1. The highest BCUT2D eigenvalue weighted by Crippen LogP contribution is 2.38. The van der Waals surface area contributed by atoms with Gasteiger partial charge >= 0.3 is 5.97 Å². The zero-order chi connectivity index (χ0) is 21.2. The Kier molecular flexibility index (Phi) is 5.82. The molecule has 2 aromatic rings. The van der Waals surface area contributed by atoms with E-state index in [2.05, 4.69) is 13.8 Å². The zero-order valence-corrected chi connectivity index (χ0v) is 16.4. The van der Waals surface area contributed by atoms with Gasteiger partial charge in [-0.25, -0.2) is 4.79 Å². The van der Waals surface area contributed by atoms with Crippen molar-refractivity contribution in [3.05, 3.63) is 73.3 Å². The highest BCUT2D eigenvalue weighted by atomic mass is 16.6. The number of nitro groups is 2. The molecule has 8 heteroatoms. The molecule has 0 unspecified atom stereocenters. The molecule has 0 aliphatic heterocycles. The lowest BCUT2D eigenvalue weighted by molar-refractivity contribution is -0.394. The number of hydrogen-bond donors (Lipinski definition) is 0. The second-order valence-corrected chi connectivity index (χ2v) is 7.52. The van der Waals surface area contributed by atoms with E-state index in [0.717, 1.165) is 29.3 Å². The number of nitro benzene ring substituents is 2. The molecule has 8 nitrogen and oxygen atoms in total. The van der Waals surface area contributed by atoms with Gasteiger partial charge < -0.3 is 4.74 Å². The summed E-state index contributed by atoms with van der Waals surface area (Å²) in [4.78, 5) is 33.1. The minimum atomic E-state index is -0.892. The van der Waals surface area contributed by atoms with E-state index < -0.39 is 27.2 Å². The van der Waals surface area contributed by atoms with Crippen LogP contribution in [0.4, 0.5) is 11.4 Å². The van der Waals surface area contributed by atoms with Crippen molar-refractivity contribution in [1.29, 1.82) is 0 Å². The maximum atomic E-state index is 12.6. The number of carbonyl (C=O) groups excluding carboxylic acids is 1. The van der Waals surface area contributed by atoms with Crippen molar-refractivity contribution in [2.24, 2.45) is 5.92 Å². The molecule has 0 N–H and O–H groups in total. The smallest absolute Gasteiger partial charge is 0.344 e. The highest BCUT2D eigenvalue weighted by molar-refractivity contribution is 5.92. The Bertz CT molecular complexity index is 917. The number of benzene rings is 2. The second kappa shape index (κ2) is 7.75. The molecule has 0 spiro atoms. The summed E-state index contributed by atoms with van der Waals surface area (Å²) in [5.41, 5.74) is 0.150. The average Bonchev–Trinajstić information content (AvgIpc) is 2.62. The molecule has 0 atom stereocenters. The fourth-order valence-corrected chi connectivity index (χ4v) is 2.63. The minimum Gasteiger partial charge on any atom is -0.423 e. The summed E-state index contributed by atoms with van der Waals surface area (Å²) < 4.78 is 5.51. The number of rotatable bonds is 6. The third-order valence-electron chi connectivity index (χ3n) is 5.04. The number of esters is 1. The topological polar surface area (TPSA) is 113 Å². The molecule has 0 heterocycles. The molecule has 0 bridgehead atoms. The van der Waals surface area contributed by atoms with E-state index in [9.17, 15) is 25.0 Å². The van der Waals surface area contributed by atoms with Crippen molar-refractivity contribution >= 4 is 17.3 Å². The van der Waals surface area contributed by atoms with E-state index in [1.807, 2.05) is 26.8 Å². The van der Waals surface area contributed by atoms with E-state index in [1.54, 1.807) is 12.1 Å². The van der Waals surface area contributed by atoms with Gasteiger partial charge in [0.25, 0.3) is 11.4 Å². The Morgan fingerprint density at radius 2 is 1.54 bits per heavy atom. The highest BCUT2D eigenvalue weighted by Gasteiger charge is 2.29. The fourth-order valence-electron chi connectivity index (χ4n) is 2.63. The first-order chi connectivity index (χ1) is 12.9. The van der Waals surface area contributed by atoms with E-state index in [-0.39, 0.29) is 16.9 Å². The number of non-ortho nitro benzene ring substituents is 2. The van der Waals surface area contributed by atoms with Crippen LogP contribution in [0.2, 0.25) is 0 Å². The normalized spacial score (nSPS) is 11.4. The number of hydrogen-bond acceptors (Lipinski definition) is 6. The average molecular weight is 386 g/mol. The third kappa shape index (κ3) is 4.33. The fraction of sp³-hybridized carbons (Fsp3) is 0.350. The first kappa shape index (κ1) is 21.0. The molecule has 0 aliphatic rings. The van der Waals surface area contributed by atoms with Gasteiger partial charge in [0, 0.05) is 17.7 Å². The van der Waals surface area contributed by atoms with Gasteiger partial charge in [0.2, 0.25) is 0 Å². The van der Waals surface area contributed by atoms with Crippen molar-refractivity contribution in [3.63, 3.8) is 0 Å². The maximum absolute atomic E-state index is 12.6. The summed E-state index contributed by atoms with van der Waals surface area (Å²) in [5.74, 6) is -0.328.